The van der Waals surface area contributed by atoms with E-state index in [-0.39, 0.29) is 11.3 Å². The number of aromatic nitrogens is 2. The van der Waals surface area contributed by atoms with Crippen LogP contribution >= 0.6 is 0 Å². The second kappa shape index (κ2) is 8.34. The first-order valence-corrected chi connectivity index (χ1v) is 13.8. The summed E-state index contributed by atoms with van der Waals surface area (Å²) in [7, 11) is 0. The molecule has 0 bridgehead atoms. The minimum atomic E-state index is -0.867. The Bertz CT molecular complexity index is 945. The van der Waals surface area contributed by atoms with Crippen LogP contribution in [-0.2, 0) is 6.54 Å². The third-order valence-corrected chi connectivity index (χ3v) is 11.4. The Balaban J connectivity index is 1.42. The highest BCUT2D eigenvalue weighted by Crippen LogP contribution is 2.66. The van der Waals surface area contributed by atoms with E-state index in [1.165, 1.54) is 32.1 Å². The van der Waals surface area contributed by atoms with Crippen molar-refractivity contribution < 1.29 is 10.2 Å². The molecule has 0 amide bonds. The Labute approximate surface area is 205 Å². The van der Waals surface area contributed by atoms with Crippen molar-refractivity contribution in [2.45, 2.75) is 104 Å². The van der Waals surface area contributed by atoms with Crippen LogP contribution in [0.25, 0.3) is 0 Å². The average Bonchev–Trinajstić information content (AvgIpc) is 3.21. The van der Waals surface area contributed by atoms with E-state index in [9.17, 15) is 15.5 Å². The summed E-state index contributed by atoms with van der Waals surface area (Å²) in [4.78, 5) is 0. The van der Waals surface area contributed by atoms with Gasteiger partial charge >= 0.3 is 0 Å². The average molecular weight is 468 g/mol. The number of hydrogen-bond acceptors (Lipinski definition) is 4. The van der Waals surface area contributed by atoms with Crippen molar-refractivity contribution in [2.75, 3.05) is 0 Å². The largest absolute Gasteiger partial charge is 0.390 e. The van der Waals surface area contributed by atoms with Crippen molar-refractivity contribution in [1.82, 2.24) is 9.78 Å². The number of fused-ring (bicyclic) bond motifs is 5. The summed E-state index contributed by atoms with van der Waals surface area (Å²) in [6.45, 7) is 11.9. The van der Waals surface area contributed by atoms with Crippen LogP contribution in [0.15, 0.2) is 12.4 Å². The van der Waals surface area contributed by atoms with Gasteiger partial charge in [0.1, 0.15) is 6.07 Å². The number of hydrogen-bond donors (Lipinski definition) is 2. The SMILES string of the molecule is C[C@H]1[C@H]2[C@@H]3CC[C@@H]4C[C@](C)(O)CC[C@@H]4[C@H]3CC[C@]2(C)[C@@H]([C@](C)(O)Cn2cc(C#N)cn2)C[C@@H]1C. The van der Waals surface area contributed by atoms with Gasteiger partial charge in [0.2, 0.25) is 0 Å². The lowest BCUT2D eigenvalue weighted by atomic mass is 9.40. The molecule has 4 aliphatic rings. The first-order chi connectivity index (χ1) is 15.9. The van der Waals surface area contributed by atoms with Crippen LogP contribution in [0.4, 0.5) is 0 Å². The first-order valence-electron chi connectivity index (χ1n) is 13.8. The maximum absolute atomic E-state index is 12.0. The van der Waals surface area contributed by atoms with E-state index in [1.54, 1.807) is 17.1 Å². The molecule has 0 radical (unpaired) electrons. The standard InChI is InChI=1S/C29H45N3O2/c1-18-12-25(29(5,34)17-32-16-20(14-30)15-31-32)28(4)11-9-23-22-8-10-27(3,33)13-21(22)6-7-24(23)26(28)19(18)2/h15-16,18-19,21-26,33-34H,6-13,17H2,1-5H3/t18-,19+,21+,22-,23+,24+,25-,26-,27+,28+,29+/m0/s1. The van der Waals surface area contributed by atoms with Gasteiger partial charge in [-0.05, 0) is 118 Å². The summed E-state index contributed by atoms with van der Waals surface area (Å²) < 4.78 is 1.77. The number of aliphatic hydroxyl groups is 2. The highest BCUT2D eigenvalue weighted by Gasteiger charge is 2.61. The molecule has 0 aromatic carbocycles. The lowest BCUT2D eigenvalue weighted by molar-refractivity contribution is -0.196. The molecule has 0 spiro atoms. The summed E-state index contributed by atoms with van der Waals surface area (Å²) in [5, 5.41) is 36.2. The van der Waals surface area contributed by atoms with Gasteiger partial charge in [-0.15, -0.1) is 0 Å². The van der Waals surface area contributed by atoms with E-state index in [1.807, 2.05) is 13.8 Å². The fourth-order valence-corrected chi connectivity index (χ4v) is 9.87. The smallest absolute Gasteiger partial charge is 0.102 e. The van der Waals surface area contributed by atoms with Crippen molar-refractivity contribution in [2.24, 2.45) is 52.8 Å². The molecule has 0 aliphatic heterocycles. The molecule has 4 fully saturated rings. The van der Waals surface area contributed by atoms with Crippen LogP contribution in [-0.4, -0.2) is 31.2 Å². The molecule has 5 nitrogen and oxygen atoms in total. The molecule has 5 rings (SSSR count). The predicted molar refractivity (Wildman–Crippen MR) is 133 cm³/mol. The normalized spacial score (nSPS) is 48.1. The zero-order valence-corrected chi connectivity index (χ0v) is 21.9. The van der Waals surface area contributed by atoms with Gasteiger partial charge in [-0.1, -0.05) is 20.8 Å². The van der Waals surface area contributed by atoms with Crippen molar-refractivity contribution in [3.63, 3.8) is 0 Å². The van der Waals surface area contributed by atoms with Crippen molar-refractivity contribution >= 4 is 0 Å². The van der Waals surface area contributed by atoms with Gasteiger partial charge in [0, 0.05) is 6.20 Å². The maximum atomic E-state index is 12.0. The summed E-state index contributed by atoms with van der Waals surface area (Å²) in [6, 6.07) is 2.16. The van der Waals surface area contributed by atoms with Gasteiger partial charge in [-0.2, -0.15) is 10.4 Å². The zero-order valence-electron chi connectivity index (χ0n) is 21.9. The Morgan fingerprint density at radius 3 is 2.59 bits per heavy atom. The van der Waals surface area contributed by atoms with Crippen LogP contribution in [0.1, 0.15) is 91.5 Å². The molecule has 1 heterocycles. The number of nitrogens with zero attached hydrogens (tertiary/aromatic N) is 3. The van der Waals surface area contributed by atoms with Gasteiger partial charge in [0.25, 0.3) is 0 Å². The van der Waals surface area contributed by atoms with Crippen LogP contribution < -0.4 is 0 Å². The van der Waals surface area contributed by atoms with E-state index in [0.717, 1.165) is 37.0 Å². The predicted octanol–water partition coefficient (Wildman–Crippen LogP) is 5.41. The minimum absolute atomic E-state index is 0.120. The molecule has 4 saturated carbocycles. The molecule has 11 atom stereocenters. The van der Waals surface area contributed by atoms with E-state index in [2.05, 4.69) is 31.9 Å². The quantitative estimate of drug-likeness (QED) is 0.623. The second-order valence-electron chi connectivity index (χ2n) is 13.7. The summed E-state index contributed by atoms with van der Waals surface area (Å²) in [6.07, 6.45) is 12.6. The molecule has 0 saturated heterocycles. The molecule has 1 aromatic heterocycles. The molecule has 34 heavy (non-hydrogen) atoms. The molecule has 2 N–H and O–H groups in total. The fraction of sp³-hybridized carbons (Fsp3) is 0.862. The highest BCUT2D eigenvalue weighted by atomic mass is 16.3. The van der Waals surface area contributed by atoms with Crippen molar-refractivity contribution in [3.8, 4) is 6.07 Å². The summed E-state index contributed by atoms with van der Waals surface area (Å²) in [5.41, 5.74) is -0.664. The van der Waals surface area contributed by atoms with Gasteiger partial charge < -0.3 is 10.2 Å². The monoisotopic (exact) mass is 467 g/mol. The third kappa shape index (κ3) is 3.94. The minimum Gasteiger partial charge on any atom is -0.390 e. The third-order valence-electron chi connectivity index (χ3n) is 11.4. The zero-order chi connectivity index (χ0) is 24.5. The molecular formula is C29H45N3O2. The lowest BCUT2D eigenvalue weighted by Crippen LogP contribution is -2.61. The Kier molecular flexibility index (Phi) is 5.97. The van der Waals surface area contributed by atoms with Gasteiger partial charge in [-0.3, -0.25) is 4.68 Å². The molecule has 4 aliphatic carbocycles. The molecule has 1 aromatic rings. The van der Waals surface area contributed by atoms with E-state index in [0.29, 0.717) is 35.8 Å². The van der Waals surface area contributed by atoms with Gasteiger partial charge in [0.15, 0.2) is 0 Å². The molecule has 0 unspecified atom stereocenters. The first kappa shape index (κ1) is 24.3. The van der Waals surface area contributed by atoms with Crippen LogP contribution in [0, 0.1) is 64.1 Å². The van der Waals surface area contributed by atoms with Gasteiger partial charge in [-0.25, -0.2) is 0 Å². The Morgan fingerprint density at radius 1 is 1.15 bits per heavy atom. The van der Waals surface area contributed by atoms with Gasteiger partial charge in [0.05, 0.1) is 29.5 Å². The molecule has 5 heteroatoms. The van der Waals surface area contributed by atoms with Crippen LogP contribution in [0.5, 0.6) is 0 Å². The van der Waals surface area contributed by atoms with Crippen molar-refractivity contribution in [1.29, 1.82) is 5.26 Å². The lowest BCUT2D eigenvalue weighted by Gasteiger charge is -2.65. The maximum Gasteiger partial charge on any atom is 0.102 e. The Morgan fingerprint density at radius 2 is 1.88 bits per heavy atom. The summed E-state index contributed by atoms with van der Waals surface area (Å²) in [5.74, 6) is 5.12. The Hall–Kier alpha value is -1.38. The number of nitriles is 1. The number of rotatable bonds is 3. The topological polar surface area (TPSA) is 82.1 Å². The molecule has 188 valence electrons. The van der Waals surface area contributed by atoms with E-state index in [4.69, 9.17) is 0 Å². The fourth-order valence-electron chi connectivity index (χ4n) is 9.87. The molecular weight excluding hydrogens is 422 g/mol. The van der Waals surface area contributed by atoms with Crippen LogP contribution in [0.2, 0.25) is 0 Å². The van der Waals surface area contributed by atoms with Crippen LogP contribution in [0.3, 0.4) is 0 Å². The second-order valence-corrected chi connectivity index (χ2v) is 13.7. The summed E-state index contributed by atoms with van der Waals surface area (Å²) >= 11 is 0. The highest BCUT2D eigenvalue weighted by molar-refractivity contribution is 5.21. The van der Waals surface area contributed by atoms with E-state index < -0.39 is 11.2 Å². The van der Waals surface area contributed by atoms with E-state index >= 15 is 0 Å². The van der Waals surface area contributed by atoms with Crippen molar-refractivity contribution in [3.05, 3.63) is 18.0 Å².